The van der Waals surface area contributed by atoms with E-state index in [1.54, 1.807) is 10.9 Å². The van der Waals surface area contributed by atoms with Gasteiger partial charge in [-0.1, -0.05) is 0 Å². The van der Waals surface area contributed by atoms with Gasteiger partial charge in [-0.05, 0) is 18.2 Å². The average molecular weight is 251 g/mol. The van der Waals surface area contributed by atoms with Crippen molar-refractivity contribution < 1.29 is 9.18 Å². The Hall–Kier alpha value is -1.95. The number of halogens is 1. The van der Waals surface area contributed by atoms with Crippen molar-refractivity contribution in [2.75, 3.05) is 11.1 Å². The first-order valence-electron chi connectivity index (χ1n) is 4.87. The molecule has 0 spiro atoms. The molecule has 0 atom stereocenters. The Morgan fingerprint density at radius 1 is 1.53 bits per heavy atom. The number of benzene rings is 1. The maximum atomic E-state index is 12.8. The van der Waals surface area contributed by atoms with Crippen molar-refractivity contribution in [2.24, 2.45) is 0 Å². The number of hydrogen-bond acceptors (Lipinski definition) is 4. The van der Waals surface area contributed by atoms with E-state index in [1.807, 2.05) is 0 Å². The number of hydrogen-bond donors (Lipinski definition) is 2. The Balaban J connectivity index is 2.03. The summed E-state index contributed by atoms with van der Waals surface area (Å²) in [6.07, 6.45) is 0.181. The van der Waals surface area contributed by atoms with E-state index in [9.17, 15) is 9.18 Å². The molecule has 17 heavy (non-hydrogen) atoms. The Morgan fingerprint density at radius 3 is 3.00 bits per heavy atom. The number of nitrogens with one attached hydrogen (secondary N) is 1. The van der Waals surface area contributed by atoms with Crippen molar-refractivity contribution in [3.8, 4) is 0 Å². The van der Waals surface area contributed by atoms with Crippen LogP contribution in [0.1, 0.15) is 5.69 Å². The van der Waals surface area contributed by atoms with Gasteiger partial charge in [0.1, 0.15) is 5.82 Å². The summed E-state index contributed by atoms with van der Waals surface area (Å²) in [6.45, 7) is 0. The number of nitrogen functional groups attached to an aromatic ring is 1. The third-order valence-corrected chi connectivity index (χ3v) is 2.75. The van der Waals surface area contributed by atoms with Crippen LogP contribution in [0.15, 0.2) is 29.1 Å². The molecule has 0 radical (unpaired) electrons. The van der Waals surface area contributed by atoms with Crippen LogP contribution >= 0.6 is 11.3 Å². The molecule has 2 aromatic rings. The summed E-state index contributed by atoms with van der Waals surface area (Å²) in [6, 6.07) is 3.84. The molecule has 4 nitrogen and oxygen atoms in total. The van der Waals surface area contributed by atoms with Gasteiger partial charge in [-0.3, -0.25) is 4.79 Å². The summed E-state index contributed by atoms with van der Waals surface area (Å²) in [5.74, 6) is -0.658. The summed E-state index contributed by atoms with van der Waals surface area (Å²) in [5, 5.41) is 4.41. The highest BCUT2D eigenvalue weighted by Gasteiger charge is 2.08. The highest BCUT2D eigenvalue weighted by molar-refractivity contribution is 7.07. The normalized spacial score (nSPS) is 10.2. The van der Waals surface area contributed by atoms with Gasteiger partial charge < -0.3 is 11.1 Å². The molecule has 2 rings (SSSR count). The van der Waals surface area contributed by atoms with E-state index in [0.717, 1.165) is 0 Å². The van der Waals surface area contributed by atoms with Crippen LogP contribution in [0.2, 0.25) is 0 Å². The first kappa shape index (κ1) is 11.5. The predicted octanol–water partition coefficient (Wildman–Crippen LogP) is 2.05. The average Bonchev–Trinajstić information content (AvgIpc) is 2.75. The van der Waals surface area contributed by atoms with Gasteiger partial charge in [-0.15, -0.1) is 11.3 Å². The Morgan fingerprint density at radius 2 is 2.35 bits per heavy atom. The number of rotatable bonds is 3. The quantitative estimate of drug-likeness (QED) is 0.820. The molecule has 0 saturated carbocycles. The zero-order valence-corrected chi connectivity index (χ0v) is 9.63. The number of aromatic nitrogens is 1. The van der Waals surface area contributed by atoms with Crippen LogP contribution in [-0.2, 0) is 11.2 Å². The number of anilines is 2. The molecule has 0 aliphatic carbocycles. The molecule has 0 saturated heterocycles. The van der Waals surface area contributed by atoms with Crippen LogP contribution in [0.25, 0.3) is 0 Å². The molecular formula is C11H10FN3OS. The van der Waals surface area contributed by atoms with Gasteiger partial charge in [0.2, 0.25) is 5.91 Å². The number of nitrogens with zero attached hydrogens (tertiary/aromatic N) is 1. The molecule has 1 heterocycles. The summed E-state index contributed by atoms with van der Waals surface area (Å²) in [7, 11) is 0. The van der Waals surface area contributed by atoms with E-state index >= 15 is 0 Å². The van der Waals surface area contributed by atoms with Crippen molar-refractivity contribution in [3.63, 3.8) is 0 Å². The number of thiazole rings is 1. The number of nitrogens with two attached hydrogens (primary N) is 1. The highest BCUT2D eigenvalue weighted by Crippen LogP contribution is 2.19. The fourth-order valence-electron chi connectivity index (χ4n) is 1.33. The lowest BCUT2D eigenvalue weighted by molar-refractivity contribution is -0.115. The third kappa shape index (κ3) is 3.01. The molecular weight excluding hydrogens is 241 g/mol. The van der Waals surface area contributed by atoms with Crippen LogP contribution in [-0.4, -0.2) is 10.9 Å². The van der Waals surface area contributed by atoms with Crippen molar-refractivity contribution in [3.05, 3.63) is 40.6 Å². The van der Waals surface area contributed by atoms with Gasteiger partial charge in [-0.2, -0.15) is 0 Å². The second kappa shape index (κ2) is 4.92. The van der Waals surface area contributed by atoms with Gasteiger partial charge in [0.05, 0.1) is 29.0 Å². The van der Waals surface area contributed by atoms with E-state index < -0.39 is 5.82 Å². The minimum absolute atomic E-state index is 0.181. The standard InChI is InChI=1S/C11H10FN3OS/c12-7-1-2-10(9(13)3-7)15-11(16)4-8-5-17-6-14-8/h1-3,5-6H,4,13H2,(H,15,16). The number of amides is 1. The van der Waals surface area contributed by atoms with Crippen LogP contribution in [0.5, 0.6) is 0 Å². The van der Waals surface area contributed by atoms with Crippen molar-refractivity contribution in [2.45, 2.75) is 6.42 Å². The molecule has 0 aliphatic heterocycles. The van der Waals surface area contributed by atoms with E-state index in [1.165, 1.54) is 29.5 Å². The zero-order chi connectivity index (χ0) is 12.3. The summed E-state index contributed by atoms with van der Waals surface area (Å²) in [5.41, 5.74) is 8.55. The van der Waals surface area contributed by atoms with Crippen LogP contribution in [0.4, 0.5) is 15.8 Å². The highest BCUT2D eigenvalue weighted by atomic mass is 32.1. The monoisotopic (exact) mass is 251 g/mol. The van der Waals surface area contributed by atoms with Crippen LogP contribution < -0.4 is 11.1 Å². The Bertz CT molecular complexity index is 528. The second-order valence-electron chi connectivity index (χ2n) is 3.44. The molecule has 6 heteroatoms. The molecule has 1 amide bonds. The number of carbonyl (C=O) groups excluding carboxylic acids is 1. The van der Waals surface area contributed by atoms with E-state index in [-0.39, 0.29) is 18.0 Å². The van der Waals surface area contributed by atoms with Gasteiger partial charge in [0.25, 0.3) is 0 Å². The zero-order valence-electron chi connectivity index (χ0n) is 8.81. The molecule has 88 valence electrons. The maximum absolute atomic E-state index is 12.8. The molecule has 0 aliphatic rings. The van der Waals surface area contributed by atoms with E-state index in [0.29, 0.717) is 11.4 Å². The Labute approximate surface area is 101 Å². The largest absolute Gasteiger partial charge is 0.397 e. The topological polar surface area (TPSA) is 68.0 Å². The molecule has 3 N–H and O–H groups in total. The molecule has 0 bridgehead atoms. The van der Waals surface area contributed by atoms with Crippen LogP contribution in [0.3, 0.4) is 0 Å². The maximum Gasteiger partial charge on any atom is 0.230 e. The first-order valence-corrected chi connectivity index (χ1v) is 5.81. The molecule has 0 unspecified atom stereocenters. The fraction of sp³-hybridized carbons (Fsp3) is 0.0909. The molecule has 0 fully saturated rings. The summed E-state index contributed by atoms with van der Waals surface area (Å²) < 4.78 is 12.8. The van der Waals surface area contributed by atoms with Crippen molar-refractivity contribution in [1.82, 2.24) is 4.98 Å². The van der Waals surface area contributed by atoms with Gasteiger partial charge >= 0.3 is 0 Å². The number of carbonyl (C=O) groups is 1. The predicted molar refractivity (Wildman–Crippen MR) is 65.3 cm³/mol. The van der Waals surface area contributed by atoms with Crippen molar-refractivity contribution in [1.29, 1.82) is 0 Å². The minimum Gasteiger partial charge on any atom is -0.397 e. The molecule has 1 aromatic carbocycles. The molecule has 1 aromatic heterocycles. The summed E-state index contributed by atoms with van der Waals surface area (Å²) in [4.78, 5) is 15.6. The fourth-order valence-corrected chi connectivity index (χ4v) is 1.89. The first-order chi connectivity index (χ1) is 8.15. The van der Waals surface area contributed by atoms with Crippen LogP contribution in [0, 0.1) is 5.82 Å². The smallest absolute Gasteiger partial charge is 0.230 e. The van der Waals surface area contributed by atoms with Gasteiger partial charge in [-0.25, -0.2) is 9.37 Å². The lowest BCUT2D eigenvalue weighted by Crippen LogP contribution is -2.15. The second-order valence-corrected chi connectivity index (χ2v) is 4.15. The summed E-state index contributed by atoms with van der Waals surface area (Å²) >= 11 is 1.43. The van der Waals surface area contributed by atoms with Gasteiger partial charge in [0.15, 0.2) is 0 Å². The van der Waals surface area contributed by atoms with E-state index in [2.05, 4.69) is 10.3 Å². The Kier molecular flexibility index (Phi) is 3.34. The lowest BCUT2D eigenvalue weighted by Gasteiger charge is -2.07. The minimum atomic E-state index is -0.431. The SMILES string of the molecule is Nc1cc(F)ccc1NC(=O)Cc1cscn1. The van der Waals surface area contributed by atoms with Crippen molar-refractivity contribution >= 4 is 28.6 Å². The van der Waals surface area contributed by atoms with Gasteiger partial charge in [0, 0.05) is 5.38 Å². The lowest BCUT2D eigenvalue weighted by atomic mass is 10.2. The van der Waals surface area contributed by atoms with E-state index in [4.69, 9.17) is 5.73 Å². The third-order valence-electron chi connectivity index (χ3n) is 2.11.